The average Bonchev–Trinajstić information content (AvgIpc) is 2.54. The van der Waals surface area contributed by atoms with Gasteiger partial charge in [0.15, 0.2) is 5.82 Å². The van der Waals surface area contributed by atoms with Crippen LogP contribution in [0, 0.1) is 0 Å². The van der Waals surface area contributed by atoms with E-state index in [2.05, 4.69) is 20.6 Å². The Hall–Kier alpha value is -2.38. The second kappa shape index (κ2) is 7.58. The quantitative estimate of drug-likeness (QED) is 0.796. The summed E-state index contributed by atoms with van der Waals surface area (Å²) in [6, 6.07) is 0.218. The minimum absolute atomic E-state index is 0.0502. The Morgan fingerprint density at radius 2 is 2.00 bits per heavy atom. The molecule has 2 heterocycles. The van der Waals surface area contributed by atoms with E-state index in [1.54, 1.807) is 24.4 Å². The molecule has 0 unspecified atom stereocenters. The number of anilines is 1. The average molecular weight is 307 g/mol. The van der Waals surface area contributed by atoms with Crippen molar-refractivity contribution in [1.82, 2.24) is 20.2 Å². The SMILES string of the molecule is COc1nccnc1NC1CCN(C(=O)CNC(C)=O)CC1. The molecule has 0 saturated carbocycles. The molecule has 1 fully saturated rings. The number of nitrogens with one attached hydrogen (secondary N) is 2. The van der Waals surface area contributed by atoms with Crippen molar-refractivity contribution in [3.8, 4) is 5.88 Å². The number of rotatable bonds is 5. The van der Waals surface area contributed by atoms with Crippen LogP contribution in [0.2, 0.25) is 0 Å². The third kappa shape index (κ3) is 4.31. The molecule has 2 amide bonds. The third-order valence-electron chi connectivity index (χ3n) is 3.54. The lowest BCUT2D eigenvalue weighted by atomic mass is 10.0. The first-order chi connectivity index (χ1) is 10.6. The van der Waals surface area contributed by atoms with Gasteiger partial charge in [0.25, 0.3) is 5.88 Å². The first-order valence-corrected chi connectivity index (χ1v) is 7.24. The van der Waals surface area contributed by atoms with Crippen molar-refractivity contribution in [2.75, 3.05) is 32.1 Å². The summed E-state index contributed by atoms with van der Waals surface area (Å²) in [4.78, 5) is 32.8. The van der Waals surface area contributed by atoms with E-state index >= 15 is 0 Å². The van der Waals surface area contributed by atoms with Crippen LogP contribution in [-0.4, -0.2) is 59.5 Å². The minimum atomic E-state index is -0.195. The van der Waals surface area contributed by atoms with Gasteiger partial charge in [0, 0.05) is 38.4 Å². The number of hydrogen-bond donors (Lipinski definition) is 2. The number of likely N-dealkylation sites (tertiary alicyclic amines) is 1. The third-order valence-corrected chi connectivity index (χ3v) is 3.54. The summed E-state index contributed by atoms with van der Waals surface area (Å²) in [5.41, 5.74) is 0. The van der Waals surface area contributed by atoms with Crippen LogP contribution in [0.5, 0.6) is 5.88 Å². The van der Waals surface area contributed by atoms with Crippen molar-refractivity contribution >= 4 is 17.6 Å². The van der Waals surface area contributed by atoms with Gasteiger partial charge in [-0.25, -0.2) is 9.97 Å². The van der Waals surface area contributed by atoms with Gasteiger partial charge >= 0.3 is 0 Å². The maximum absolute atomic E-state index is 11.9. The molecule has 1 saturated heterocycles. The van der Waals surface area contributed by atoms with Crippen molar-refractivity contribution in [2.45, 2.75) is 25.8 Å². The number of hydrogen-bond acceptors (Lipinski definition) is 6. The van der Waals surface area contributed by atoms with E-state index in [0.29, 0.717) is 24.8 Å². The normalized spacial score (nSPS) is 15.3. The standard InChI is InChI=1S/C14H21N5O3/c1-10(20)17-9-12(21)19-7-3-11(4-8-19)18-13-14(22-2)16-6-5-15-13/h5-6,11H,3-4,7-9H2,1-2H3,(H,15,18)(H,17,20). The fourth-order valence-corrected chi connectivity index (χ4v) is 2.35. The first kappa shape index (κ1) is 16.0. The number of ether oxygens (including phenoxy) is 1. The monoisotopic (exact) mass is 307 g/mol. The summed E-state index contributed by atoms with van der Waals surface area (Å²) >= 11 is 0. The van der Waals surface area contributed by atoms with Crippen LogP contribution in [-0.2, 0) is 9.59 Å². The Morgan fingerprint density at radius 1 is 1.32 bits per heavy atom. The van der Waals surface area contributed by atoms with E-state index in [4.69, 9.17) is 4.74 Å². The van der Waals surface area contributed by atoms with E-state index < -0.39 is 0 Å². The van der Waals surface area contributed by atoms with E-state index in [-0.39, 0.29) is 24.4 Å². The number of amides is 2. The zero-order valence-electron chi connectivity index (χ0n) is 12.8. The molecule has 0 aliphatic carbocycles. The van der Waals surface area contributed by atoms with Gasteiger partial charge in [0.2, 0.25) is 11.8 Å². The Balaban J connectivity index is 1.82. The number of carbonyl (C=O) groups is 2. The topological polar surface area (TPSA) is 96.5 Å². The molecular weight excluding hydrogens is 286 g/mol. The lowest BCUT2D eigenvalue weighted by Crippen LogP contribution is -2.46. The van der Waals surface area contributed by atoms with E-state index in [1.807, 2.05) is 0 Å². The highest BCUT2D eigenvalue weighted by molar-refractivity contribution is 5.83. The lowest BCUT2D eigenvalue weighted by Gasteiger charge is -2.32. The molecule has 1 aromatic heterocycles. The minimum Gasteiger partial charge on any atom is -0.478 e. The van der Waals surface area contributed by atoms with Crippen LogP contribution in [0.3, 0.4) is 0 Å². The van der Waals surface area contributed by atoms with Crippen molar-refractivity contribution in [3.63, 3.8) is 0 Å². The molecule has 2 N–H and O–H groups in total. The molecule has 0 bridgehead atoms. The second-order valence-corrected chi connectivity index (χ2v) is 5.12. The predicted octanol–water partition coefficient (Wildman–Crippen LogP) is 0.0242. The Morgan fingerprint density at radius 3 is 2.64 bits per heavy atom. The number of nitrogens with zero attached hydrogens (tertiary/aromatic N) is 3. The zero-order valence-corrected chi connectivity index (χ0v) is 12.8. The van der Waals surface area contributed by atoms with Crippen LogP contribution in [0.4, 0.5) is 5.82 Å². The summed E-state index contributed by atoms with van der Waals surface area (Å²) in [7, 11) is 1.55. The maximum atomic E-state index is 11.9. The first-order valence-electron chi connectivity index (χ1n) is 7.24. The number of aromatic nitrogens is 2. The molecule has 1 aliphatic heterocycles. The molecule has 0 atom stereocenters. The predicted molar refractivity (Wildman–Crippen MR) is 80.5 cm³/mol. The van der Waals surface area contributed by atoms with Crippen LogP contribution >= 0.6 is 0 Å². The van der Waals surface area contributed by atoms with Gasteiger partial charge in [-0.1, -0.05) is 0 Å². The van der Waals surface area contributed by atoms with Crippen molar-refractivity contribution in [3.05, 3.63) is 12.4 Å². The molecule has 8 heteroatoms. The van der Waals surface area contributed by atoms with Crippen molar-refractivity contribution in [1.29, 1.82) is 0 Å². The molecule has 0 spiro atoms. The van der Waals surface area contributed by atoms with E-state index in [0.717, 1.165) is 12.8 Å². The molecule has 2 rings (SSSR count). The fraction of sp³-hybridized carbons (Fsp3) is 0.571. The van der Waals surface area contributed by atoms with Gasteiger partial charge in [0.1, 0.15) is 0 Å². The molecule has 120 valence electrons. The number of carbonyl (C=O) groups excluding carboxylic acids is 2. The summed E-state index contributed by atoms with van der Waals surface area (Å²) < 4.78 is 5.16. The molecule has 1 aromatic rings. The van der Waals surface area contributed by atoms with Gasteiger partial charge in [-0.2, -0.15) is 0 Å². The summed E-state index contributed by atoms with van der Waals surface area (Å²) in [6.45, 7) is 2.76. The van der Waals surface area contributed by atoms with Crippen LogP contribution in [0.15, 0.2) is 12.4 Å². The van der Waals surface area contributed by atoms with E-state index in [1.165, 1.54) is 6.92 Å². The Bertz CT molecular complexity index is 529. The van der Waals surface area contributed by atoms with Crippen molar-refractivity contribution < 1.29 is 14.3 Å². The molecule has 0 aromatic carbocycles. The van der Waals surface area contributed by atoms with Gasteiger partial charge in [-0.05, 0) is 12.8 Å². The Kier molecular flexibility index (Phi) is 5.51. The molecule has 8 nitrogen and oxygen atoms in total. The van der Waals surface area contributed by atoms with Crippen molar-refractivity contribution in [2.24, 2.45) is 0 Å². The number of piperidine rings is 1. The Labute approximate surface area is 129 Å². The molecule has 0 radical (unpaired) electrons. The second-order valence-electron chi connectivity index (χ2n) is 5.12. The van der Waals surface area contributed by atoms with Gasteiger partial charge < -0.3 is 20.3 Å². The maximum Gasteiger partial charge on any atom is 0.257 e. The smallest absolute Gasteiger partial charge is 0.257 e. The summed E-state index contributed by atoms with van der Waals surface area (Å²) in [6.07, 6.45) is 4.81. The zero-order chi connectivity index (χ0) is 15.9. The van der Waals surface area contributed by atoms with Gasteiger partial charge in [0.05, 0.1) is 13.7 Å². The summed E-state index contributed by atoms with van der Waals surface area (Å²) in [5, 5.41) is 5.83. The van der Waals surface area contributed by atoms with Crippen LogP contribution in [0.25, 0.3) is 0 Å². The molecular formula is C14H21N5O3. The van der Waals surface area contributed by atoms with Crippen LogP contribution in [0.1, 0.15) is 19.8 Å². The fourth-order valence-electron chi connectivity index (χ4n) is 2.35. The van der Waals surface area contributed by atoms with Crippen LogP contribution < -0.4 is 15.4 Å². The highest BCUT2D eigenvalue weighted by Crippen LogP contribution is 2.21. The van der Waals surface area contributed by atoms with E-state index in [9.17, 15) is 9.59 Å². The highest BCUT2D eigenvalue weighted by Gasteiger charge is 2.23. The highest BCUT2D eigenvalue weighted by atomic mass is 16.5. The van der Waals surface area contributed by atoms with Gasteiger partial charge in [-0.3, -0.25) is 9.59 Å². The lowest BCUT2D eigenvalue weighted by molar-refractivity contribution is -0.133. The molecule has 22 heavy (non-hydrogen) atoms. The van der Waals surface area contributed by atoms with Gasteiger partial charge in [-0.15, -0.1) is 0 Å². The molecule has 1 aliphatic rings. The summed E-state index contributed by atoms with van der Waals surface area (Å²) in [5.74, 6) is 0.838. The number of methoxy groups -OCH3 is 1. The largest absolute Gasteiger partial charge is 0.478 e.